The third kappa shape index (κ3) is 7.53. The van der Waals surface area contributed by atoms with Gasteiger partial charge < -0.3 is 20.7 Å². The number of amides is 4. The fraction of sp³-hybridized carbons (Fsp3) is 0.346. The number of benzene rings is 2. The molecule has 4 N–H and O–H groups in total. The monoisotopic (exact) mass is 568 g/mol. The number of hydrogen-bond donors (Lipinski definition) is 4. The SMILES string of the molecule is COC(=O)Nc1ccc2c(c1)NC(=O)CCCCC[C@H](C(=O)NCCc1cc(Cl)ccc1-n1cnnn1)NC2=O. The molecule has 1 atom stereocenters. The van der Waals surface area contributed by atoms with Gasteiger partial charge in [0, 0.05) is 23.7 Å². The van der Waals surface area contributed by atoms with Crippen molar-refractivity contribution in [1.29, 1.82) is 0 Å². The van der Waals surface area contributed by atoms with Gasteiger partial charge in [-0.15, -0.1) is 5.10 Å². The summed E-state index contributed by atoms with van der Waals surface area (Å²) in [5.74, 6) is -1.11. The molecule has 1 aliphatic rings. The maximum atomic E-state index is 13.3. The molecule has 0 fully saturated rings. The van der Waals surface area contributed by atoms with E-state index in [1.165, 1.54) is 36.3 Å². The molecule has 40 heavy (non-hydrogen) atoms. The molecular formula is C26H29ClN8O5. The molecule has 0 aliphatic carbocycles. The van der Waals surface area contributed by atoms with Crippen LogP contribution in [0.2, 0.25) is 5.02 Å². The van der Waals surface area contributed by atoms with E-state index >= 15 is 0 Å². The van der Waals surface area contributed by atoms with E-state index in [9.17, 15) is 19.2 Å². The Labute approximate surface area is 235 Å². The molecule has 1 aliphatic heterocycles. The van der Waals surface area contributed by atoms with E-state index in [0.29, 0.717) is 42.8 Å². The van der Waals surface area contributed by atoms with Crippen LogP contribution in [-0.4, -0.2) is 63.7 Å². The lowest BCUT2D eigenvalue weighted by atomic mass is 10.0. The molecule has 0 saturated heterocycles. The number of anilines is 2. The van der Waals surface area contributed by atoms with Gasteiger partial charge in [-0.05, 0) is 71.7 Å². The highest BCUT2D eigenvalue weighted by atomic mass is 35.5. The fourth-order valence-electron chi connectivity index (χ4n) is 4.31. The van der Waals surface area contributed by atoms with Gasteiger partial charge in [0.15, 0.2) is 0 Å². The number of aromatic nitrogens is 4. The average molecular weight is 569 g/mol. The van der Waals surface area contributed by atoms with Gasteiger partial charge in [-0.1, -0.05) is 24.4 Å². The summed E-state index contributed by atoms with van der Waals surface area (Å²) in [6.07, 6.45) is 3.88. The molecule has 0 spiro atoms. The summed E-state index contributed by atoms with van der Waals surface area (Å²) >= 11 is 6.19. The Morgan fingerprint density at radius 1 is 1.15 bits per heavy atom. The normalized spacial score (nSPS) is 15.9. The van der Waals surface area contributed by atoms with Crippen LogP contribution in [0.1, 0.15) is 48.0 Å². The Kier molecular flexibility index (Phi) is 9.62. The molecule has 0 radical (unpaired) electrons. The van der Waals surface area contributed by atoms with Crippen LogP contribution in [-0.2, 0) is 20.7 Å². The first kappa shape index (κ1) is 28.5. The first-order valence-corrected chi connectivity index (χ1v) is 13.1. The number of ether oxygens (including phenoxy) is 1. The smallest absolute Gasteiger partial charge is 0.411 e. The van der Waals surface area contributed by atoms with E-state index in [-0.39, 0.29) is 36.0 Å². The summed E-state index contributed by atoms with van der Waals surface area (Å²) in [6, 6.07) is 8.98. The van der Waals surface area contributed by atoms with Crippen molar-refractivity contribution in [3.8, 4) is 5.69 Å². The lowest BCUT2D eigenvalue weighted by Gasteiger charge is -2.21. The number of nitrogens with one attached hydrogen (secondary N) is 4. The highest BCUT2D eigenvalue weighted by Gasteiger charge is 2.24. The number of tetrazole rings is 1. The van der Waals surface area contributed by atoms with Crippen molar-refractivity contribution in [1.82, 2.24) is 30.8 Å². The summed E-state index contributed by atoms with van der Waals surface area (Å²) in [4.78, 5) is 50.5. The second-order valence-corrected chi connectivity index (χ2v) is 9.56. The van der Waals surface area contributed by atoms with E-state index in [1.54, 1.807) is 18.2 Å². The molecule has 0 unspecified atom stereocenters. The van der Waals surface area contributed by atoms with E-state index in [0.717, 1.165) is 11.3 Å². The summed E-state index contributed by atoms with van der Waals surface area (Å²) in [6.45, 7) is 0.288. The number of hydrogen-bond acceptors (Lipinski definition) is 8. The van der Waals surface area contributed by atoms with Crippen LogP contribution in [0.25, 0.3) is 5.69 Å². The standard InChI is InChI=1S/C26H29ClN8O5/c1-40-26(39)30-18-8-9-19-21(14-18)31-23(36)6-4-2-3-5-20(32-24(19)37)25(38)28-12-11-16-13-17(27)7-10-22(16)35-15-29-33-34-35/h7-10,13-15,20H,2-6,11-12H2,1H3,(H,28,38)(H,30,39)(H,31,36)(H,32,37)/t20-/m1/s1. The highest BCUT2D eigenvalue weighted by molar-refractivity contribution is 6.30. The lowest BCUT2D eigenvalue weighted by molar-refractivity contribution is -0.123. The van der Waals surface area contributed by atoms with Crippen molar-refractivity contribution < 1.29 is 23.9 Å². The number of nitrogens with zero attached hydrogens (tertiary/aromatic N) is 4. The van der Waals surface area contributed by atoms with E-state index in [2.05, 4.69) is 41.5 Å². The minimum Gasteiger partial charge on any atom is -0.453 e. The second kappa shape index (κ2) is 13.5. The quantitative estimate of drug-likeness (QED) is 0.352. The molecule has 4 rings (SSSR count). The predicted molar refractivity (Wildman–Crippen MR) is 146 cm³/mol. The van der Waals surface area contributed by atoms with E-state index in [1.807, 2.05) is 0 Å². The van der Waals surface area contributed by atoms with Crippen LogP contribution in [0.4, 0.5) is 16.2 Å². The minimum absolute atomic E-state index is 0.159. The van der Waals surface area contributed by atoms with Crippen molar-refractivity contribution in [2.75, 3.05) is 24.3 Å². The highest BCUT2D eigenvalue weighted by Crippen LogP contribution is 2.23. The first-order chi connectivity index (χ1) is 19.3. The Morgan fingerprint density at radius 2 is 2.00 bits per heavy atom. The summed E-state index contributed by atoms with van der Waals surface area (Å²) in [7, 11) is 1.23. The third-order valence-corrected chi connectivity index (χ3v) is 6.55. The molecule has 1 aromatic heterocycles. The van der Waals surface area contributed by atoms with Crippen LogP contribution in [0.15, 0.2) is 42.7 Å². The van der Waals surface area contributed by atoms with Gasteiger partial charge in [0.25, 0.3) is 5.91 Å². The largest absolute Gasteiger partial charge is 0.453 e. The van der Waals surface area contributed by atoms with E-state index < -0.39 is 18.0 Å². The number of carbonyl (C=O) groups is 4. The number of fused-ring (bicyclic) bond motifs is 1. The van der Waals surface area contributed by atoms with Gasteiger partial charge in [-0.25, -0.2) is 9.48 Å². The number of methoxy groups -OCH3 is 1. The average Bonchev–Trinajstić information content (AvgIpc) is 3.46. The Balaban J connectivity index is 1.47. The summed E-state index contributed by atoms with van der Waals surface area (Å²) in [5.41, 5.74) is 2.29. The van der Waals surface area contributed by atoms with Crippen molar-refractivity contribution >= 4 is 46.8 Å². The Morgan fingerprint density at radius 3 is 2.77 bits per heavy atom. The lowest BCUT2D eigenvalue weighted by Crippen LogP contribution is -2.47. The zero-order chi connectivity index (χ0) is 28.5. The molecule has 210 valence electrons. The van der Waals surface area contributed by atoms with Crippen LogP contribution in [0.5, 0.6) is 0 Å². The van der Waals surface area contributed by atoms with Gasteiger partial charge in [0.1, 0.15) is 12.4 Å². The van der Waals surface area contributed by atoms with Crippen LogP contribution >= 0.6 is 11.6 Å². The van der Waals surface area contributed by atoms with Crippen molar-refractivity contribution in [2.24, 2.45) is 0 Å². The van der Waals surface area contributed by atoms with Gasteiger partial charge in [-0.3, -0.25) is 19.7 Å². The molecule has 0 saturated carbocycles. The molecular weight excluding hydrogens is 540 g/mol. The number of rotatable bonds is 6. The molecule has 0 bridgehead atoms. The van der Waals surface area contributed by atoms with Crippen LogP contribution < -0.4 is 21.3 Å². The number of carbonyl (C=O) groups excluding carboxylic acids is 4. The van der Waals surface area contributed by atoms with Crippen molar-refractivity contribution in [2.45, 2.75) is 44.6 Å². The maximum Gasteiger partial charge on any atom is 0.411 e. The van der Waals surface area contributed by atoms with Gasteiger partial charge >= 0.3 is 6.09 Å². The number of halogens is 1. The Hall–Kier alpha value is -4.52. The van der Waals surface area contributed by atoms with E-state index in [4.69, 9.17) is 11.6 Å². The zero-order valence-electron chi connectivity index (χ0n) is 21.8. The summed E-state index contributed by atoms with van der Waals surface area (Å²) in [5, 5.41) is 22.8. The zero-order valence-corrected chi connectivity index (χ0v) is 22.5. The maximum absolute atomic E-state index is 13.3. The Bertz CT molecular complexity index is 1380. The van der Waals surface area contributed by atoms with Crippen molar-refractivity contribution in [3.63, 3.8) is 0 Å². The summed E-state index contributed by atoms with van der Waals surface area (Å²) < 4.78 is 6.12. The van der Waals surface area contributed by atoms with Crippen LogP contribution in [0.3, 0.4) is 0 Å². The predicted octanol–water partition coefficient (Wildman–Crippen LogP) is 2.85. The van der Waals surface area contributed by atoms with Gasteiger partial charge in [0.2, 0.25) is 11.8 Å². The molecule has 2 aromatic carbocycles. The van der Waals surface area contributed by atoms with Crippen LogP contribution in [0, 0.1) is 0 Å². The second-order valence-electron chi connectivity index (χ2n) is 9.12. The molecule has 2 heterocycles. The van der Waals surface area contributed by atoms with Gasteiger partial charge in [0.05, 0.1) is 24.0 Å². The third-order valence-electron chi connectivity index (χ3n) is 6.32. The topological polar surface area (TPSA) is 169 Å². The molecule has 13 nitrogen and oxygen atoms in total. The molecule has 14 heteroatoms. The molecule has 3 aromatic rings. The minimum atomic E-state index is -0.790. The fourth-order valence-corrected chi connectivity index (χ4v) is 4.51. The molecule has 4 amide bonds. The van der Waals surface area contributed by atoms with Crippen molar-refractivity contribution in [3.05, 3.63) is 58.9 Å². The van der Waals surface area contributed by atoms with Gasteiger partial charge in [-0.2, -0.15) is 0 Å². The first-order valence-electron chi connectivity index (χ1n) is 12.7.